The van der Waals surface area contributed by atoms with E-state index < -0.39 is 0 Å². The largest absolute Gasteiger partial charge is 0.311 e. The second-order valence-corrected chi connectivity index (χ2v) is 6.62. The molecule has 0 aromatic heterocycles. The van der Waals surface area contributed by atoms with Crippen LogP contribution in [0.5, 0.6) is 0 Å². The van der Waals surface area contributed by atoms with Gasteiger partial charge in [0.2, 0.25) is 0 Å². The molecule has 1 saturated heterocycles. The van der Waals surface area contributed by atoms with Crippen molar-refractivity contribution in [3.8, 4) is 0 Å². The third-order valence-corrected chi connectivity index (χ3v) is 5.17. The normalized spacial score (nSPS) is 26.3. The molecule has 2 nitrogen and oxygen atoms in total. The van der Waals surface area contributed by atoms with E-state index in [4.69, 9.17) is 0 Å². The van der Waals surface area contributed by atoms with Gasteiger partial charge in [-0.15, -0.1) is 0 Å². The topological polar surface area (TPSA) is 15.3 Å². The zero-order valence-electron chi connectivity index (χ0n) is 12.2. The summed E-state index contributed by atoms with van der Waals surface area (Å²) in [7, 11) is 0. The summed E-state index contributed by atoms with van der Waals surface area (Å²) in [6.45, 7) is 10.2. The maximum atomic E-state index is 3.70. The van der Waals surface area contributed by atoms with Gasteiger partial charge in [0, 0.05) is 36.2 Å². The lowest BCUT2D eigenvalue weighted by molar-refractivity contribution is 0.111. The molecular formula is C16H25BrN2. The van der Waals surface area contributed by atoms with Crippen LogP contribution in [0.2, 0.25) is 0 Å². The quantitative estimate of drug-likeness (QED) is 0.909. The summed E-state index contributed by atoms with van der Waals surface area (Å²) in [6, 6.07) is 9.79. The van der Waals surface area contributed by atoms with Crippen molar-refractivity contribution in [1.29, 1.82) is 0 Å². The van der Waals surface area contributed by atoms with Gasteiger partial charge in [-0.3, -0.25) is 4.90 Å². The molecule has 0 amide bonds. The number of rotatable bonds is 4. The van der Waals surface area contributed by atoms with Crippen LogP contribution in [0.1, 0.15) is 32.8 Å². The fourth-order valence-electron chi connectivity index (χ4n) is 2.68. The van der Waals surface area contributed by atoms with Gasteiger partial charge in [0.15, 0.2) is 0 Å². The van der Waals surface area contributed by atoms with Crippen LogP contribution < -0.4 is 5.32 Å². The molecule has 1 N–H and O–H groups in total. The molecule has 1 fully saturated rings. The first-order valence-corrected chi connectivity index (χ1v) is 8.12. The maximum absolute atomic E-state index is 3.70. The van der Waals surface area contributed by atoms with Crippen LogP contribution in [0.15, 0.2) is 28.7 Å². The minimum atomic E-state index is 0.604. The fraction of sp³-hybridized carbons (Fsp3) is 0.625. The van der Waals surface area contributed by atoms with E-state index in [9.17, 15) is 0 Å². The first-order chi connectivity index (χ1) is 9.11. The first-order valence-electron chi connectivity index (χ1n) is 7.32. The van der Waals surface area contributed by atoms with Gasteiger partial charge in [0.1, 0.15) is 0 Å². The molecule has 1 aliphatic heterocycles. The molecular weight excluding hydrogens is 300 g/mol. The van der Waals surface area contributed by atoms with Crippen molar-refractivity contribution in [1.82, 2.24) is 10.2 Å². The van der Waals surface area contributed by atoms with E-state index in [1.807, 2.05) is 0 Å². The van der Waals surface area contributed by atoms with E-state index >= 15 is 0 Å². The minimum Gasteiger partial charge on any atom is -0.311 e. The number of hydrogen-bond acceptors (Lipinski definition) is 2. The van der Waals surface area contributed by atoms with Gasteiger partial charge in [-0.2, -0.15) is 0 Å². The Labute approximate surface area is 125 Å². The molecule has 1 heterocycles. The van der Waals surface area contributed by atoms with Crippen molar-refractivity contribution in [2.75, 3.05) is 13.1 Å². The lowest BCUT2D eigenvalue weighted by Gasteiger charge is -2.41. The summed E-state index contributed by atoms with van der Waals surface area (Å²) in [6.07, 6.45) is 1.24. The Bertz CT molecular complexity index is 407. The van der Waals surface area contributed by atoms with E-state index in [0.717, 1.165) is 25.6 Å². The van der Waals surface area contributed by atoms with Crippen LogP contribution >= 0.6 is 15.9 Å². The van der Waals surface area contributed by atoms with E-state index in [0.29, 0.717) is 12.1 Å². The number of benzene rings is 1. The average molecular weight is 325 g/mol. The smallest absolute Gasteiger partial charge is 0.0248 e. The number of nitrogens with zero attached hydrogens (tertiary/aromatic N) is 1. The predicted octanol–water partition coefficient (Wildman–Crippen LogP) is 3.66. The molecule has 0 saturated carbocycles. The summed E-state index contributed by atoms with van der Waals surface area (Å²) in [5.74, 6) is 0.745. The Morgan fingerprint density at radius 3 is 2.84 bits per heavy atom. The van der Waals surface area contributed by atoms with Crippen LogP contribution in [0.4, 0.5) is 0 Å². The monoisotopic (exact) mass is 324 g/mol. The van der Waals surface area contributed by atoms with Crippen molar-refractivity contribution in [3.63, 3.8) is 0 Å². The molecule has 2 rings (SSSR count). The predicted molar refractivity (Wildman–Crippen MR) is 85.3 cm³/mol. The molecule has 3 unspecified atom stereocenters. The summed E-state index contributed by atoms with van der Waals surface area (Å²) in [4.78, 5) is 2.60. The van der Waals surface area contributed by atoms with Crippen molar-refractivity contribution in [2.24, 2.45) is 5.92 Å². The molecule has 3 atom stereocenters. The van der Waals surface area contributed by atoms with Crippen molar-refractivity contribution in [2.45, 2.75) is 45.8 Å². The highest BCUT2D eigenvalue weighted by Crippen LogP contribution is 2.22. The zero-order chi connectivity index (χ0) is 13.8. The van der Waals surface area contributed by atoms with E-state index in [2.05, 4.69) is 71.2 Å². The zero-order valence-corrected chi connectivity index (χ0v) is 13.8. The van der Waals surface area contributed by atoms with Gasteiger partial charge in [-0.25, -0.2) is 0 Å². The fourth-order valence-corrected chi connectivity index (χ4v) is 3.09. The molecule has 0 spiro atoms. The van der Waals surface area contributed by atoms with Crippen LogP contribution in [-0.2, 0) is 6.54 Å². The Kier molecular flexibility index (Phi) is 5.43. The first kappa shape index (κ1) is 15.0. The highest BCUT2D eigenvalue weighted by Gasteiger charge is 2.27. The molecule has 106 valence electrons. The third kappa shape index (κ3) is 3.80. The van der Waals surface area contributed by atoms with Crippen molar-refractivity contribution in [3.05, 3.63) is 34.3 Å². The number of halogens is 1. The standard InChI is InChI=1S/C16H25BrN2/c1-4-12(2)16-11-19(13(3)9-18-16)10-14-7-5-6-8-15(14)17/h5-8,12-13,16,18H,4,9-11H2,1-3H3. The Hall–Kier alpha value is -0.380. The summed E-state index contributed by atoms with van der Waals surface area (Å²) >= 11 is 3.66. The van der Waals surface area contributed by atoms with E-state index in [1.54, 1.807) is 0 Å². The summed E-state index contributed by atoms with van der Waals surface area (Å²) in [5.41, 5.74) is 1.39. The lowest BCUT2D eigenvalue weighted by atomic mass is 9.95. The minimum absolute atomic E-state index is 0.604. The van der Waals surface area contributed by atoms with Gasteiger partial charge in [-0.1, -0.05) is 54.4 Å². The molecule has 0 bridgehead atoms. The maximum Gasteiger partial charge on any atom is 0.0248 e. The van der Waals surface area contributed by atoms with Crippen LogP contribution in [0.25, 0.3) is 0 Å². The van der Waals surface area contributed by atoms with Gasteiger partial charge >= 0.3 is 0 Å². The molecule has 19 heavy (non-hydrogen) atoms. The molecule has 0 aliphatic carbocycles. The average Bonchev–Trinajstić information content (AvgIpc) is 2.42. The van der Waals surface area contributed by atoms with Crippen LogP contribution in [0.3, 0.4) is 0 Å². The van der Waals surface area contributed by atoms with E-state index in [1.165, 1.54) is 16.5 Å². The number of piperazine rings is 1. The molecule has 3 heteroatoms. The van der Waals surface area contributed by atoms with Crippen molar-refractivity contribution >= 4 is 15.9 Å². The number of hydrogen-bond donors (Lipinski definition) is 1. The second-order valence-electron chi connectivity index (χ2n) is 5.77. The highest BCUT2D eigenvalue weighted by atomic mass is 79.9. The Morgan fingerprint density at radius 1 is 1.42 bits per heavy atom. The molecule has 1 aromatic rings. The highest BCUT2D eigenvalue weighted by molar-refractivity contribution is 9.10. The van der Waals surface area contributed by atoms with Gasteiger partial charge in [0.25, 0.3) is 0 Å². The van der Waals surface area contributed by atoms with Crippen molar-refractivity contribution < 1.29 is 0 Å². The Balaban J connectivity index is 2.03. The van der Waals surface area contributed by atoms with Crippen LogP contribution in [-0.4, -0.2) is 30.1 Å². The molecule has 1 aromatic carbocycles. The van der Waals surface area contributed by atoms with Gasteiger partial charge in [0.05, 0.1) is 0 Å². The number of nitrogens with one attached hydrogen (secondary N) is 1. The molecule has 1 aliphatic rings. The Morgan fingerprint density at radius 2 is 2.16 bits per heavy atom. The van der Waals surface area contributed by atoms with Crippen LogP contribution in [0, 0.1) is 5.92 Å². The van der Waals surface area contributed by atoms with Gasteiger partial charge in [-0.05, 0) is 24.5 Å². The lowest BCUT2D eigenvalue weighted by Crippen LogP contribution is -2.56. The van der Waals surface area contributed by atoms with E-state index in [-0.39, 0.29) is 0 Å². The molecule has 0 radical (unpaired) electrons. The second kappa shape index (κ2) is 6.87. The van der Waals surface area contributed by atoms with Gasteiger partial charge < -0.3 is 5.32 Å². The summed E-state index contributed by atoms with van der Waals surface area (Å²) in [5, 5.41) is 3.70. The third-order valence-electron chi connectivity index (χ3n) is 4.39. The SMILES string of the molecule is CCC(C)C1CN(Cc2ccccc2Br)C(C)CN1. The summed E-state index contributed by atoms with van der Waals surface area (Å²) < 4.78 is 1.22.